The van der Waals surface area contributed by atoms with E-state index in [-0.39, 0.29) is 24.0 Å². The van der Waals surface area contributed by atoms with Gasteiger partial charge in [0.15, 0.2) is 0 Å². The molecule has 1 aromatic heterocycles. The first-order chi connectivity index (χ1) is 9.45. The molecule has 1 unspecified atom stereocenters. The molecule has 1 aromatic rings. The van der Waals surface area contributed by atoms with E-state index in [1.54, 1.807) is 0 Å². The van der Waals surface area contributed by atoms with Crippen LogP contribution in [-0.4, -0.2) is 39.1 Å². The normalized spacial score (nSPS) is 25.8. The molecule has 0 aromatic carbocycles. The van der Waals surface area contributed by atoms with Crippen LogP contribution in [0.25, 0.3) is 0 Å². The number of piperidine rings is 1. The molecule has 2 aliphatic rings. The number of pyridine rings is 1. The van der Waals surface area contributed by atoms with Gasteiger partial charge < -0.3 is 0 Å². The number of aromatic nitrogens is 1. The van der Waals surface area contributed by atoms with Crippen molar-refractivity contribution in [3.8, 4) is 0 Å². The summed E-state index contributed by atoms with van der Waals surface area (Å²) >= 11 is 0. The number of hydrogen-bond acceptors (Lipinski definition) is 5. The van der Waals surface area contributed by atoms with E-state index < -0.39 is 29.2 Å². The highest BCUT2D eigenvalue weighted by Gasteiger charge is 2.52. The van der Waals surface area contributed by atoms with E-state index in [4.69, 9.17) is 0 Å². The van der Waals surface area contributed by atoms with Crippen LogP contribution in [0.15, 0.2) is 18.5 Å². The number of rotatable bonds is 1. The fourth-order valence-corrected chi connectivity index (χ4v) is 2.54. The van der Waals surface area contributed by atoms with Crippen LogP contribution in [0.3, 0.4) is 0 Å². The minimum Gasteiger partial charge on any atom is -0.294 e. The van der Waals surface area contributed by atoms with E-state index in [1.807, 2.05) is 0 Å². The third-order valence-electron chi connectivity index (χ3n) is 3.76. The molecular weight excluding hydrogens is 262 g/mol. The Morgan fingerprint density at radius 1 is 1.20 bits per heavy atom. The number of nitrogens with one attached hydrogen (secondary N) is 1. The Bertz CT molecular complexity index is 634. The number of carbonyl (C=O) groups excluding carboxylic acids is 4. The van der Waals surface area contributed by atoms with Gasteiger partial charge in [-0.15, -0.1) is 0 Å². The van der Waals surface area contributed by atoms with E-state index in [1.165, 1.54) is 25.4 Å². The van der Waals surface area contributed by atoms with Crippen LogP contribution in [0.2, 0.25) is 0 Å². The van der Waals surface area contributed by atoms with Gasteiger partial charge in [0.25, 0.3) is 17.7 Å². The van der Waals surface area contributed by atoms with Crippen LogP contribution < -0.4 is 5.32 Å². The molecule has 0 bridgehead atoms. The summed E-state index contributed by atoms with van der Waals surface area (Å²) in [6.07, 6.45) is 2.94. The first-order valence-corrected chi connectivity index (χ1v) is 6.12. The predicted octanol–water partition coefficient (Wildman–Crippen LogP) is -0.127. The molecule has 0 saturated carbocycles. The van der Waals surface area contributed by atoms with Crippen molar-refractivity contribution in [2.75, 3.05) is 0 Å². The second-order valence-corrected chi connectivity index (χ2v) is 5.02. The monoisotopic (exact) mass is 273 g/mol. The van der Waals surface area contributed by atoms with Crippen LogP contribution in [0, 0.1) is 0 Å². The number of fused-ring (bicyclic) bond motifs is 1. The summed E-state index contributed by atoms with van der Waals surface area (Å²) in [5, 5.41) is 2.18. The van der Waals surface area contributed by atoms with Crippen molar-refractivity contribution in [1.82, 2.24) is 15.2 Å². The highest BCUT2D eigenvalue weighted by molar-refractivity contribution is 6.24. The van der Waals surface area contributed by atoms with Gasteiger partial charge in [-0.05, 0) is 19.4 Å². The van der Waals surface area contributed by atoms with Crippen LogP contribution in [0.1, 0.15) is 40.5 Å². The van der Waals surface area contributed by atoms with E-state index in [9.17, 15) is 19.2 Å². The van der Waals surface area contributed by atoms with Crippen LogP contribution in [-0.2, 0) is 9.59 Å². The van der Waals surface area contributed by atoms with Crippen LogP contribution in [0.5, 0.6) is 0 Å². The summed E-state index contributed by atoms with van der Waals surface area (Å²) in [6, 6.07) is 1.45. The van der Waals surface area contributed by atoms with Gasteiger partial charge in [-0.25, -0.2) is 0 Å². The zero-order chi connectivity index (χ0) is 14.5. The van der Waals surface area contributed by atoms with E-state index >= 15 is 0 Å². The molecule has 0 radical (unpaired) electrons. The Labute approximate surface area is 114 Å². The molecular formula is C13H11N3O4. The Morgan fingerprint density at radius 2 is 1.90 bits per heavy atom. The van der Waals surface area contributed by atoms with Gasteiger partial charge in [0.2, 0.25) is 5.91 Å². The van der Waals surface area contributed by atoms with E-state index in [0.717, 1.165) is 4.90 Å². The standard InChI is InChI=1S/C13H11N3O4/c1-13(4-2-9(17)15-12(13)20)16-10(18)7-3-5-14-6-8(7)11(16)19/h3,5-6H,2,4H2,1H3,(H,15,17,20). The summed E-state index contributed by atoms with van der Waals surface area (Å²) in [4.78, 5) is 52.7. The van der Waals surface area contributed by atoms with Crippen molar-refractivity contribution >= 4 is 23.6 Å². The maximum absolute atomic E-state index is 12.4. The number of carbonyl (C=O) groups is 4. The Hall–Kier alpha value is -2.57. The highest BCUT2D eigenvalue weighted by atomic mass is 16.2. The average molecular weight is 273 g/mol. The lowest BCUT2D eigenvalue weighted by molar-refractivity contribution is -0.140. The lowest BCUT2D eigenvalue weighted by Gasteiger charge is -2.38. The zero-order valence-corrected chi connectivity index (χ0v) is 10.7. The molecule has 0 aliphatic carbocycles. The molecule has 3 heterocycles. The molecule has 7 nitrogen and oxygen atoms in total. The summed E-state index contributed by atoms with van der Waals surface area (Å²) < 4.78 is 0. The molecule has 1 fully saturated rings. The number of hydrogen-bond donors (Lipinski definition) is 1. The minimum atomic E-state index is -1.35. The summed E-state index contributed by atoms with van der Waals surface area (Å²) in [5.41, 5.74) is -0.930. The van der Waals surface area contributed by atoms with E-state index in [0.29, 0.717) is 0 Å². The Morgan fingerprint density at radius 3 is 2.55 bits per heavy atom. The largest absolute Gasteiger partial charge is 0.294 e. The van der Waals surface area contributed by atoms with E-state index in [2.05, 4.69) is 10.3 Å². The SMILES string of the molecule is CC1(N2C(=O)c3ccncc3C2=O)CCC(=O)NC1=O. The number of nitrogens with zero attached hydrogens (tertiary/aromatic N) is 2. The van der Waals surface area contributed by atoms with Gasteiger partial charge in [-0.1, -0.05) is 0 Å². The van der Waals surface area contributed by atoms with Crippen molar-refractivity contribution in [2.24, 2.45) is 0 Å². The fourth-order valence-electron chi connectivity index (χ4n) is 2.54. The van der Waals surface area contributed by atoms with Gasteiger partial charge in [0, 0.05) is 18.8 Å². The fraction of sp³-hybridized carbons (Fsp3) is 0.308. The molecule has 4 amide bonds. The number of imide groups is 2. The van der Waals surface area contributed by atoms with Gasteiger partial charge in [0.1, 0.15) is 5.54 Å². The summed E-state index contributed by atoms with van der Waals surface area (Å²) in [5.74, 6) is -2.11. The summed E-state index contributed by atoms with van der Waals surface area (Å²) in [6.45, 7) is 1.49. The maximum Gasteiger partial charge on any atom is 0.264 e. The molecule has 3 rings (SSSR count). The quantitative estimate of drug-likeness (QED) is 0.719. The molecule has 7 heteroatoms. The van der Waals surface area contributed by atoms with Gasteiger partial charge in [0.05, 0.1) is 11.1 Å². The molecule has 1 N–H and O–H groups in total. The molecule has 102 valence electrons. The van der Waals surface area contributed by atoms with Crippen molar-refractivity contribution in [2.45, 2.75) is 25.3 Å². The molecule has 20 heavy (non-hydrogen) atoms. The number of amides is 4. The summed E-state index contributed by atoms with van der Waals surface area (Å²) in [7, 11) is 0. The van der Waals surface area contributed by atoms with Crippen molar-refractivity contribution in [3.63, 3.8) is 0 Å². The van der Waals surface area contributed by atoms with Crippen molar-refractivity contribution in [3.05, 3.63) is 29.6 Å². The molecule has 0 spiro atoms. The topological polar surface area (TPSA) is 96.4 Å². The third-order valence-corrected chi connectivity index (χ3v) is 3.76. The first-order valence-electron chi connectivity index (χ1n) is 6.12. The maximum atomic E-state index is 12.4. The zero-order valence-electron chi connectivity index (χ0n) is 10.7. The third kappa shape index (κ3) is 1.49. The van der Waals surface area contributed by atoms with Gasteiger partial charge >= 0.3 is 0 Å². The molecule has 1 atom stereocenters. The smallest absolute Gasteiger partial charge is 0.264 e. The van der Waals surface area contributed by atoms with Crippen molar-refractivity contribution < 1.29 is 19.2 Å². The highest BCUT2D eigenvalue weighted by Crippen LogP contribution is 2.33. The Kier molecular flexibility index (Phi) is 2.47. The lowest BCUT2D eigenvalue weighted by atomic mass is 9.89. The van der Waals surface area contributed by atoms with Crippen molar-refractivity contribution in [1.29, 1.82) is 0 Å². The second-order valence-electron chi connectivity index (χ2n) is 5.02. The predicted molar refractivity (Wildman–Crippen MR) is 65.5 cm³/mol. The Balaban J connectivity index is 2.04. The lowest BCUT2D eigenvalue weighted by Crippen LogP contribution is -2.62. The molecule has 2 aliphatic heterocycles. The van der Waals surface area contributed by atoms with Gasteiger partial charge in [-0.3, -0.25) is 34.4 Å². The average Bonchev–Trinajstić information content (AvgIpc) is 2.68. The molecule has 1 saturated heterocycles. The van der Waals surface area contributed by atoms with Crippen LogP contribution >= 0.6 is 0 Å². The van der Waals surface area contributed by atoms with Gasteiger partial charge in [-0.2, -0.15) is 0 Å². The first kappa shape index (κ1) is 12.5. The van der Waals surface area contributed by atoms with Crippen LogP contribution in [0.4, 0.5) is 0 Å². The minimum absolute atomic E-state index is 0.0912. The second kappa shape index (κ2) is 3.96.